The van der Waals surface area contributed by atoms with E-state index in [4.69, 9.17) is 0 Å². The van der Waals surface area contributed by atoms with Gasteiger partial charge in [0.25, 0.3) is 0 Å². The van der Waals surface area contributed by atoms with Gasteiger partial charge in [0, 0.05) is 10.0 Å². The third-order valence-electron chi connectivity index (χ3n) is 4.14. The van der Waals surface area contributed by atoms with Crippen LogP contribution in [0, 0.1) is 0 Å². The molecule has 1 heterocycles. The lowest BCUT2D eigenvalue weighted by Gasteiger charge is -2.28. The van der Waals surface area contributed by atoms with Crippen molar-refractivity contribution in [3.8, 4) is 0 Å². The summed E-state index contributed by atoms with van der Waals surface area (Å²) in [6.45, 7) is 3.53. The van der Waals surface area contributed by atoms with Crippen LogP contribution in [-0.4, -0.2) is 6.54 Å². The number of hydrogen-bond acceptors (Lipinski definition) is 1. The van der Waals surface area contributed by atoms with E-state index in [-0.39, 0.29) is 5.54 Å². The molecule has 2 aliphatic rings. The van der Waals surface area contributed by atoms with Gasteiger partial charge in [-0.25, -0.2) is 0 Å². The molecule has 1 aromatic carbocycles. The van der Waals surface area contributed by atoms with Gasteiger partial charge in [-0.1, -0.05) is 15.9 Å². The number of hydrogen-bond donors (Lipinski definition) is 1. The Morgan fingerprint density at radius 3 is 2.88 bits per heavy atom. The summed E-state index contributed by atoms with van der Waals surface area (Å²) in [7, 11) is 0. The molecule has 0 aromatic heterocycles. The molecule has 2 heteroatoms. The Labute approximate surface area is 106 Å². The molecule has 1 aliphatic carbocycles. The molecule has 1 saturated heterocycles. The topological polar surface area (TPSA) is 12.0 Å². The molecule has 0 bridgehead atoms. The number of fused-ring (bicyclic) bond motifs is 1. The van der Waals surface area contributed by atoms with Crippen LogP contribution >= 0.6 is 15.9 Å². The predicted molar refractivity (Wildman–Crippen MR) is 70.8 cm³/mol. The highest BCUT2D eigenvalue weighted by Crippen LogP contribution is 2.38. The molecule has 1 unspecified atom stereocenters. The molecule has 0 saturated carbocycles. The average Bonchev–Trinajstić information content (AvgIpc) is 2.85. The second-order valence-corrected chi connectivity index (χ2v) is 6.22. The zero-order chi connectivity index (χ0) is 11.2. The molecule has 1 aromatic rings. The van der Waals surface area contributed by atoms with Crippen molar-refractivity contribution >= 4 is 15.9 Å². The van der Waals surface area contributed by atoms with E-state index in [9.17, 15) is 0 Å². The Bertz CT molecular complexity index is 419. The van der Waals surface area contributed by atoms with Crippen LogP contribution in [0.5, 0.6) is 0 Å². The third kappa shape index (κ3) is 1.63. The molecule has 86 valence electrons. The van der Waals surface area contributed by atoms with E-state index < -0.39 is 0 Å². The van der Waals surface area contributed by atoms with Gasteiger partial charge in [0.1, 0.15) is 0 Å². The molecule has 1 atom stereocenters. The van der Waals surface area contributed by atoms with Crippen molar-refractivity contribution in [3.05, 3.63) is 33.3 Å². The molecule has 1 aliphatic heterocycles. The van der Waals surface area contributed by atoms with Gasteiger partial charge >= 0.3 is 0 Å². The minimum absolute atomic E-state index is 0.220. The lowest BCUT2D eigenvalue weighted by Crippen LogP contribution is -2.34. The van der Waals surface area contributed by atoms with Gasteiger partial charge in [0.15, 0.2) is 0 Å². The van der Waals surface area contributed by atoms with Crippen molar-refractivity contribution in [2.45, 2.75) is 44.6 Å². The van der Waals surface area contributed by atoms with E-state index in [2.05, 4.69) is 40.3 Å². The molecule has 16 heavy (non-hydrogen) atoms. The number of aryl methyl sites for hydroxylation is 1. The van der Waals surface area contributed by atoms with E-state index in [1.807, 2.05) is 0 Å². The van der Waals surface area contributed by atoms with E-state index >= 15 is 0 Å². The molecular weight excluding hydrogens is 262 g/mol. The zero-order valence-electron chi connectivity index (χ0n) is 9.78. The first-order chi connectivity index (χ1) is 7.69. The van der Waals surface area contributed by atoms with Crippen molar-refractivity contribution in [3.63, 3.8) is 0 Å². The number of rotatable bonds is 1. The van der Waals surface area contributed by atoms with Gasteiger partial charge in [-0.15, -0.1) is 0 Å². The van der Waals surface area contributed by atoms with Crippen LogP contribution in [0.3, 0.4) is 0 Å². The largest absolute Gasteiger partial charge is 0.308 e. The number of halogens is 1. The summed E-state index contributed by atoms with van der Waals surface area (Å²) in [5.74, 6) is 0. The van der Waals surface area contributed by atoms with Gasteiger partial charge in [0.05, 0.1) is 0 Å². The predicted octanol–water partition coefficient (Wildman–Crippen LogP) is 3.54. The van der Waals surface area contributed by atoms with E-state index in [0.717, 1.165) is 6.54 Å². The minimum Gasteiger partial charge on any atom is -0.308 e. The average molecular weight is 280 g/mol. The Hall–Kier alpha value is -0.340. The van der Waals surface area contributed by atoms with Crippen molar-refractivity contribution in [1.29, 1.82) is 0 Å². The summed E-state index contributed by atoms with van der Waals surface area (Å²) in [6, 6.07) is 4.65. The Morgan fingerprint density at radius 1 is 1.25 bits per heavy atom. The molecule has 0 spiro atoms. The molecule has 1 fully saturated rings. The van der Waals surface area contributed by atoms with Gasteiger partial charge in [-0.3, -0.25) is 0 Å². The highest BCUT2D eigenvalue weighted by atomic mass is 79.9. The normalized spacial score (nSPS) is 28.4. The Morgan fingerprint density at radius 2 is 2.12 bits per heavy atom. The number of benzene rings is 1. The standard InChI is InChI=1S/C14H18BrN/c1-14(6-3-7-16-14)13-9-11(15)8-10-4-2-5-12(10)13/h8-9,16H,2-7H2,1H3. The summed E-state index contributed by atoms with van der Waals surface area (Å²) in [5, 5.41) is 3.69. The Balaban J connectivity index is 2.13. The van der Waals surface area contributed by atoms with Crippen LogP contribution in [0.1, 0.15) is 42.9 Å². The smallest absolute Gasteiger partial charge is 0.0409 e. The van der Waals surface area contributed by atoms with Crippen molar-refractivity contribution in [2.24, 2.45) is 0 Å². The van der Waals surface area contributed by atoms with Crippen LogP contribution in [-0.2, 0) is 18.4 Å². The second kappa shape index (κ2) is 3.85. The maximum atomic E-state index is 3.69. The minimum atomic E-state index is 0.220. The van der Waals surface area contributed by atoms with Crippen LogP contribution < -0.4 is 5.32 Å². The van der Waals surface area contributed by atoms with Crippen molar-refractivity contribution < 1.29 is 0 Å². The summed E-state index contributed by atoms with van der Waals surface area (Å²) >= 11 is 3.66. The molecule has 1 nitrogen and oxygen atoms in total. The van der Waals surface area contributed by atoms with Gasteiger partial charge in [0.2, 0.25) is 0 Å². The van der Waals surface area contributed by atoms with Crippen molar-refractivity contribution in [1.82, 2.24) is 5.32 Å². The lowest BCUT2D eigenvalue weighted by molar-refractivity contribution is 0.431. The summed E-state index contributed by atoms with van der Waals surface area (Å²) in [6.07, 6.45) is 6.44. The highest BCUT2D eigenvalue weighted by molar-refractivity contribution is 9.10. The first-order valence-electron chi connectivity index (χ1n) is 6.26. The lowest BCUT2D eigenvalue weighted by atomic mass is 9.85. The fourth-order valence-electron chi connectivity index (χ4n) is 3.28. The summed E-state index contributed by atoms with van der Waals surface area (Å²) in [4.78, 5) is 0. The quantitative estimate of drug-likeness (QED) is 0.829. The fraction of sp³-hybridized carbons (Fsp3) is 0.571. The fourth-order valence-corrected chi connectivity index (χ4v) is 3.79. The molecule has 1 N–H and O–H groups in total. The number of nitrogens with one attached hydrogen (secondary N) is 1. The molecule has 3 rings (SSSR count). The monoisotopic (exact) mass is 279 g/mol. The maximum Gasteiger partial charge on any atom is 0.0409 e. The zero-order valence-corrected chi connectivity index (χ0v) is 11.4. The molecular formula is C14H18BrN. The van der Waals surface area contributed by atoms with E-state index in [0.29, 0.717) is 0 Å². The van der Waals surface area contributed by atoms with E-state index in [1.165, 1.54) is 36.6 Å². The van der Waals surface area contributed by atoms with Crippen LogP contribution in [0.25, 0.3) is 0 Å². The second-order valence-electron chi connectivity index (χ2n) is 5.31. The highest BCUT2D eigenvalue weighted by Gasteiger charge is 2.33. The van der Waals surface area contributed by atoms with Crippen LogP contribution in [0.15, 0.2) is 16.6 Å². The van der Waals surface area contributed by atoms with Gasteiger partial charge in [-0.2, -0.15) is 0 Å². The first-order valence-corrected chi connectivity index (χ1v) is 7.05. The maximum absolute atomic E-state index is 3.69. The Kier molecular flexibility index (Phi) is 2.60. The van der Waals surface area contributed by atoms with Crippen molar-refractivity contribution in [2.75, 3.05) is 6.54 Å². The van der Waals surface area contributed by atoms with Crippen LogP contribution in [0.2, 0.25) is 0 Å². The third-order valence-corrected chi connectivity index (χ3v) is 4.60. The summed E-state index contributed by atoms with van der Waals surface area (Å²) < 4.78 is 1.25. The molecule has 0 radical (unpaired) electrons. The summed E-state index contributed by atoms with van der Waals surface area (Å²) in [5.41, 5.74) is 4.96. The van der Waals surface area contributed by atoms with Gasteiger partial charge in [-0.05, 0) is 74.4 Å². The SMILES string of the molecule is CC1(c2cc(Br)cc3c2CCC3)CCCN1. The van der Waals surface area contributed by atoms with E-state index in [1.54, 1.807) is 16.7 Å². The van der Waals surface area contributed by atoms with Gasteiger partial charge < -0.3 is 5.32 Å². The van der Waals surface area contributed by atoms with Crippen LogP contribution in [0.4, 0.5) is 0 Å². The first kappa shape index (κ1) is 10.8. The molecule has 0 amide bonds.